The number of halogens is 1. The predicted octanol–water partition coefficient (Wildman–Crippen LogP) is 1.55. The minimum absolute atomic E-state index is 0.0321. The van der Waals surface area contributed by atoms with E-state index in [0.29, 0.717) is 38.2 Å². The molecule has 4 rings (SSSR count). The number of ether oxygens (including phenoxy) is 3. The number of aromatic nitrogens is 3. The van der Waals surface area contributed by atoms with Gasteiger partial charge in [-0.25, -0.2) is 19.3 Å². The molecule has 132 valence electrons. The van der Waals surface area contributed by atoms with E-state index >= 15 is 0 Å². The summed E-state index contributed by atoms with van der Waals surface area (Å²) in [6.07, 6.45) is 3.01. The molecule has 2 fully saturated rings. The first-order valence-corrected chi connectivity index (χ1v) is 8.12. The molecule has 0 saturated carbocycles. The van der Waals surface area contributed by atoms with E-state index < -0.39 is 5.82 Å². The van der Waals surface area contributed by atoms with Crippen molar-refractivity contribution in [2.75, 3.05) is 44.9 Å². The van der Waals surface area contributed by atoms with Crippen molar-refractivity contribution in [1.29, 1.82) is 0 Å². The highest BCUT2D eigenvalue weighted by molar-refractivity contribution is 5.43. The van der Waals surface area contributed by atoms with Gasteiger partial charge in [0.15, 0.2) is 5.82 Å². The van der Waals surface area contributed by atoms with Crippen LogP contribution >= 0.6 is 0 Å². The topological polar surface area (TPSA) is 69.6 Å². The van der Waals surface area contributed by atoms with Crippen LogP contribution in [-0.2, 0) is 4.74 Å². The first-order valence-electron chi connectivity index (χ1n) is 8.12. The summed E-state index contributed by atoms with van der Waals surface area (Å²) >= 11 is 0. The lowest BCUT2D eigenvalue weighted by molar-refractivity contribution is 0.106. The van der Waals surface area contributed by atoms with Crippen LogP contribution in [0, 0.1) is 17.2 Å². The molecular formula is C17H19FN4O3. The van der Waals surface area contributed by atoms with Gasteiger partial charge in [-0.3, -0.25) is 0 Å². The minimum Gasteiger partial charge on any atom is -0.481 e. The molecule has 25 heavy (non-hydrogen) atoms. The Morgan fingerprint density at radius 1 is 1.40 bits per heavy atom. The van der Waals surface area contributed by atoms with Crippen molar-refractivity contribution in [1.82, 2.24) is 15.0 Å². The van der Waals surface area contributed by atoms with Crippen LogP contribution < -0.4 is 14.4 Å². The monoisotopic (exact) mass is 346 g/mol. The van der Waals surface area contributed by atoms with Crippen LogP contribution in [0.4, 0.5) is 10.2 Å². The molecule has 2 aliphatic heterocycles. The van der Waals surface area contributed by atoms with Gasteiger partial charge in [-0.15, -0.1) is 0 Å². The molecule has 2 atom stereocenters. The highest BCUT2D eigenvalue weighted by atomic mass is 19.1. The van der Waals surface area contributed by atoms with Crippen molar-refractivity contribution in [2.24, 2.45) is 11.3 Å². The number of rotatable bonds is 5. The van der Waals surface area contributed by atoms with Crippen LogP contribution in [0.3, 0.4) is 0 Å². The predicted molar refractivity (Wildman–Crippen MR) is 87.2 cm³/mol. The number of hydrogen-bond acceptors (Lipinski definition) is 7. The van der Waals surface area contributed by atoms with E-state index in [1.165, 1.54) is 18.6 Å². The van der Waals surface area contributed by atoms with Gasteiger partial charge < -0.3 is 19.1 Å². The zero-order valence-electron chi connectivity index (χ0n) is 13.9. The Balaban J connectivity index is 1.51. The summed E-state index contributed by atoms with van der Waals surface area (Å²) in [5, 5.41) is 0. The number of nitrogens with zero attached hydrogens (tertiary/aromatic N) is 4. The first kappa shape index (κ1) is 16.0. The van der Waals surface area contributed by atoms with E-state index in [4.69, 9.17) is 14.2 Å². The number of pyridine rings is 1. The Hall–Kier alpha value is -2.48. The van der Waals surface area contributed by atoms with E-state index in [2.05, 4.69) is 19.9 Å². The van der Waals surface area contributed by atoms with Crippen LogP contribution in [-0.4, -0.2) is 55.0 Å². The summed E-state index contributed by atoms with van der Waals surface area (Å²) in [6.45, 7) is 3.10. The number of fused-ring (bicyclic) bond motifs is 1. The Kier molecular flexibility index (Phi) is 4.12. The van der Waals surface area contributed by atoms with Crippen molar-refractivity contribution in [2.45, 2.75) is 0 Å². The van der Waals surface area contributed by atoms with Gasteiger partial charge in [-0.05, 0) is 12.1 Å². The van der Waals surface area contributed by atoms with Crippen LogP contribution in [0.15, 0.2) is 30.7 Å². The highest BCUT2D eigenvalue weighted by Crippen LogP contribution is 2.43. The summed E-state index contributed by atoms with van der Waals surface area (Å²) in [7, 11) is 1.58. The molecule has 2 saturated heterocycles. The molecule has 0 radical (unpaired) electrons. The number of methoxy groups -OCH3 is 1. The van der Waals surface area contributed by atoms with Gasteiger partial charge >= 0.3 is 0 Å². The fraction of sp³-hybridized carbons (Fsp3) is 0.471. The maximum Gasteiger partial charge on any atom is 0.250 e. The maximum atomic E-state index is 13.8. The molecule has 0 bridgehead atoms. The quantitative estimate of drug-likeness (QED) is 0.813. The van der Waals surface area contributed by atoms with Gasteiger partial charge in [-0.2, -0.15) is 0 Å². The lowest BCUT2D eigenvalue weighted by atomic mass is 9.82. The molecule has 0 N–H and O–H groups in total. The average Bonchev–Trinajstić information content (AvgIpc) is 3.18. The van der Waals surface area contributed by atoms with E-state index in [1.54, 1.807) is 13.2 Å². The highest BCUT2D eigenvalue weighted by Gasteiger charge is 2.52. The summed E-state index contributed by atoms with van der Waals surface area (Å²) < 4.78 is 30.3. The van der Waals surface area contributed by atoms with Gasteiger partial charge in [-0.1, -0.05) is 0 Å². The van der Waals surface area contributed by atoms with E-state index in [1.807, 2.05) is 6.07 Å². The Bertz CT molecular complexity index is 762. The molecule has 4 heterocycles. The summed E-state index contributed by atoms with van der Waals surface area (Å²) in [6, 6.07) is 4.70. The van der Waals surface area contributed by atoms with Gasteiger partial charge in [0.25, 0.3) is 0 Å². The van der Waals surface area contributed by atoms with Crippen LogP contribution in [0.5, 0.6) is 11.8 Å². The van der Waals surface area contributed by atoms with E-state index in [9.17, 15) is 4.39 Å². The van der Waals surface area contributed by atoms with Crippen molar-refractivity contribution in [3.63, 3.8) is 0 Å². The van der Waals surface area contributed by atoms with E-state index in [-0.39, 0.29) is 11.3 Å². The van der Waals surface area contributed by atoms with Gasteiger partial charge in [0.1, 0.15) is 12.1 Å². The normalized spacial score (nSPS) is 25.0. The lowest BCUT2D eigenvalue weighted by Crippen LogP contribution is -2.37. The molecule has 2 aromatic rings. The Morgan fingerprint density at radius 3 is 3.16 bits per heavy atom. The molecule has 0 amide bonds. The Morgan fingerprint density at radius 2 is 2.32 bits per heavy atom. The third-order valence-corrected chi connectivity index (χ3v) is 4.90. The van der Waals surface area contributed by atoms with Crippen molar-refractivity contribution >= 4 is 5.82 Å². The largest absolute Gasteiger partial charge is 0.481 e. The molecule has 2 aromatic heterocycles. The number of anilines is 1. The second-order valence-corrected chi connectivity index (χ2v) is 6.45. The van der Waals surface area contributed by atoms with Gasteiger partial charge in [0.2, 0.25) is 11.8 Å². The molecule has 7 nitrogen and oxygen atoms in total. The smallest absolute Gasteiger partial charge is 0.250 e. The summed E-state index contributed by atoms with van der Waals surface area (Å²) in [4.78, 5) is 14.5. The third kappa shape index (κ3) is 2.97. The minimum atomic E-state index is -0.454. The maximum absolute atomic E-state index is 13.8. The molecule has 2 aliphatic rings. The van der Waals surface area contributed by atoms with E-state index in [0.717, 1.165) is 12.4 Å². The average molecular weight is 346 g/mol. The standard InChI is InChI=1S/C17H19FN4O3/c1-23-15-5-14(20-11-21-15)22-6-12-7-24-9-17(12,8-22)10-25-16-13(18)3-2-4-19-16/h2-5,11-12H,6-10H2,1H3/t12-,17+/m0/s1. The van der Waals surface area contributed by atoms with Crippen molar-refractivity contribution < 1.29 is 18.6 Å². The van der Waals surface area contributed by atoms with Crippen LogP contribution in [0.2, 0.25) is 0 Å². The fourth-order valence-corrected chi connectivity index (χ4v) is 3.51. The van der Waals surface area contributed by atoms with Crippen LogP contribution in [0.25, 0.3) is 0 Å². The second-order valence-electron chi connectivity index (χ2n) is 6.45. The lowest BCUT2D eigenvalue weighted by Gasteiger charge is -2.27. The summed E-state index contributed by atoms with van der Waals surface area (Å²) in [5.74, 6) is 1.21. The third-order valence-electron chi connectivity index (χ3n) is 4.90. The van der Waals surface area contributed by atoms with Crippen molar-refractivity contribution in [3.05, 3.63) is 36.5 Å². The number of hydrogen-bond donors (Lipinski definition) is 0. The van der Waals surface area contributed by atoms with Crippen molar-refractivity contribution in [3.8, 4) is 11.8 Å². The molecule has 0 unspecified atom stereocenters. The molecule has 0 spiro atoms. The molecule has 8 heteroatoms. The zero-order valence-corrected chi connectivity index (χ0v) is 13.9. The SMILES string of the molecule is COc1cc(N2C[C@H]3COC[C@@]3(COc3ncccc3F)C2)ncn1. The fourth-order valence-electron chi connectivity index (χ4n) is 3.51. The second kappa shape index (κ2) is 6.44. The molecule has 0 aliphatic carbocycles. The van der Waals surface area contributed by atoms with Gasteiger partial charge in [0, 0.05) is 31.3 Å². The molecular weight excluding hydrogens is 327 g/mol. The molecule has 0 aromatic carbocycles. The Labute approximate surface area is 144 Å². The zero-order chi connectivity index (χ0) is 17.3. The van der Waals surface area contributed by atoms with Crippen LogP contribution in [0.1, 0.15) is 0 Å². The first-order chi connectivity index (χ1) is 12.2. The van der Waals surface area contributed by atoms with Gasteiger partial charge in [0.05, 0.1) is 32.3 Å². The summed E-state index contributed by atoms with van der Waals surface area (Å²) in [5.41, 5.74) is -0.206.